The van der Waals surface area contributed by atoms with Gasteiger partial charge in [0.25, 0.3) is 0 Å². The number of Topliss-reactive ketones (excluding diaryl/α,β-unsaturated/α-hetero) is 1. The molecule has 2 unspecified atom stereocenters. The first-order valence-electron chi connectivity index (χ1n) is 3.75. The van der Waals surface area contributed by atoms with Crippen LogP contribution in [0.25, 0.3) is 0 Å². The van der Waals surface area contributed by atoms with Crippen LogP contribution in [0.3, 0.4) is 0 Å². The zero-order valence-electron chi connectivity index (χ0n) is 6.66. The van der Waals surface area contributed by atoms with Crippen molar-refractivity contribution in [3.63, 3.8) is 0 Å². The molecule has 0 bridgehead atoms. The highest BCUT2D eigenvalue weighted by molar-refractivity contribution is 5.87. The van der Waals surface area contributed by atoms with E-state index >= 15 is 0 Å². The Morgan fingerprint density at radius 2 is 2.42 bits per heavy atom. The molecule has 1 rings (SSSR count). The van der Waals surface area contributed by atoms with Crippen LogP contribution >= 0.6 is 0 Å². The van der Waals surface area contributed by atoms with E-state index in [2.05, 4.69) is 11.3 Å². The minimum absolute atomic E-state index is 0.0706. The van der Waals surface area contributed by atoms with Crippen LogP contribution in [0.15, 0.2) is 12.7 Å². The Morgan fingerprint density at radius 1 is 1.75 bits per heavy atom. The molecule has 0 radical (unpaired) electrons. The highest BCUT2D eigenvalue weighted by atomic mass is 16.6. The van der Waals surface area contributed by atoms with E-state index in [0.29, 0.717) is 12.8 Å². The molecule has 4 nitrogen and oxygen atoms in total. The largest absolute Gasteiger partial charge is 0.438 e. The van der Waals surface area contributed by atoms with Gasteiger partial charge in [0.2, 0.25) is 0 Å². The number of allylic oxidation sites excluding steroid dienone is 1. The Hall–Kier alpha value is -1.32. The average Bonchev–Trinajstić information content (AvgIpc) is 2.31. The van der Waals surface area contributed by atoms with Crippen molar-refractivity contribution >= 4 is 11.9 Å². The molecule has 0 spiro atoms. The van der Waals surface area contributed by atoms with Crippen LogP contribution < -0.4 is 5.73 Å². The third kappa shape index (κ3) is 1.84. The molecule has 1 fully saturated rings. The highest BCUT2D eigenvalue weighted by Crippen LogP contribution is 2.25. The number of rotatable bonds is 2. The van der Waals surface area contributed by atoms with Crippen molar-refractivity contribution in [1.82, 2.24) is 0 Å². The Balaban J connectivity index is 2.51. The molecule has 2 N–H and O–H groups in total. The Kier molecular flexibility index (Phi) is 2.47. The smallest absolute Gasteiger partial charge is 0.405 e. The van der Waals surface area contributed by atoms with Crippen molar-refractivity contribution in [2.45, 2.75) is 18.9 Å². The van der Waals surface area contributed by atoms with E-state index in [1.165, 1.54) is 0 Å². The van der Waals surface area contributed by atoms with Crippen LogP contribution in [0, 0.1) is 5.92 Å². The number of hydrogen-bond acceptors (Lipinski definition) is 3. The van der Waals surface area contributed by atoms with Gasteiger partial charge in [0.05, 0.1) is 0 Å². The summed E-state index contributed by atoms with van der Waals surface area (Å²) in [5.74, 6) is 0.0561. The topological polar surface area (TPSA) is 69.4 Å². The highest BCUT2D eigenvalue weighted by Gasteiger charge is 2.33. The van der Waals surface area contributed by atoms with E-state index in [0.717, 1.165) is 0 Å². The molecule has 1 aliphatic rings. The zero-order valence-corrected chi connectivity index (χ0v) is 6.66. The van der Waals surface area contributed by atoms with Crippen LogP contribution in [-0.2, 0) is 9.53 Å². The maximum absolute atomic E-state index is 11.1. The van der Waals surface area contributed by atoms with Crippen LogP contribution in [0.1, 0.15) is 12.8 Å². The molecule has 1 aliphatic carbocycles. The van der Waals surface area contributed by atoms with Crippen molar-refractivity contribution in [2.75, 3.05) is 0 Å². The van der Waals surface area contributed by atoms with Crippen molar-refractivity contribution < 1.29 is 14.3 Å². The maximum Gasteiger partial charge on any atom is 0.405 e. The van der Waals surface area contributed by atoms with E-state index in [9.17, 15) is 9.59 Å². The number of carbonyl (C=O) groups excluding carboxylic acids is 2. The van der Waals surface area contributed by atoms with E-state index in [1.54, 1.807) is 6.08 Å². The van der Waals surface area contributed by atoms with Crippen molar-refractivity contribution in [2.24, 2.45) is 11.7 Å². The summed E-state index contributed by atoms with van der Waals surface area (Å²) < 4.78 is 4.60. The van der Waals surface area contributed by atoms with Crippen LogP contribution in [0.4, 0.5) is 4.79 Å². The van der Waals surface area contributed by atoms with Crippen molar-refractivity contribution in [1.29, 1.82) is 0 Å². The van der Waals surface area contributed by atoms with Gasteiger partial charge in [0, 0.05) is 6.42 Å². The number of primary amides is 1. The minimum atomic E-state index is -0.891. The second-order valence-corrected chi connectivity index (χ2v) is 2.83. The van der Waals surface area contributed by atoms with Gasteiger partial charge in [-0.1, -0.05) is 6.08 Å². The maximum atomic E-state index is 11.1. The first kappa shape index (κ1) is 8.77. The fourth-order valence-corrected chi connectivity index (χ4v) is 1.31. The lowest BCUT2D eigenvalue weighted by atomic mass is 10.1. The fourth-order valence-electron chi connectivity index (χ4n) is 1.31. The predicted octanol–water partition coefficient (Wildman–Crippen LogP) is 0.615. The van der Waals surface area contributed by atoms with Gasteiger partial charge in [-0.05, 0) is 12.3 Å². The Labute approximate surface area is 70.4 Å². The van der Waals surface area contributed by atoms with Crippen LogP contribution in [0.5, 0.6) is 0 Å². The van der Waals surface area contributed by atoms with E-state index in [1.807, 2.05) is 0 Å². The van der Waals surface area contributed by atoms with Gasteiger partial charge in [-0.25, -0.2) is 4.79 Å². The summed E-state index contributed by atoms with van der Waals surface area (Å²) in [4.78, 5) is 21.4. The summed E-state index contributed by atoms with van der Waals surface area (Å²) in [6.45, 7) is 3.57. The van der Waals surface area contributed by atoms with Crippen molar-refractivity contribution in [3.05, 3.63) is 12.7 Å². The monoisotopic (exact) mass is 169 g/mol. The van der Waals surface area contributed by atoms with E-state index in [4.69, 9.17) is 5.73 Å². The molecule has 12 heavy (non-hydrogen) atoms. The van der Waals surface area contributed by atoms with Gasteiger partial charge >= 0.3 is 6.09 Å². The number of ketones is 1. The lowest BCUT2D eigenvalue weighted by molar-refractivity contribution is -0.124. The SMILES string of the molecule is C=CC1CC(=O)C(OC(N)=O)C1. The number of carbonyl (C=O) groups is 2. The molecule has 2 atom stereocenters. The molecule has 0 aromatic carbocycles. The second kappa shape index (κ2) is 3.38. The van der Waals surface area contributed by atoms with Gasteiger partial charge in [0.1, 0.15) is 0 Å². The zero-order chi connectivity index (χ0) is 9.14. The lowest BCUT2D eigenvalue weighted by Gasteiger charge is -2.06. The van der Waals surface area contributed by atoms with Gasteiger partial charge in [-0.2, -0.15) is 0 Å². The number of hydrogen-bond donors (Lipinski definition) is 1. The molecule has 0 heterocycles. The lowest BCUT2D eigenvalue weighted by Crippen LogP contribution is -2.25. The summed E-state index contributed by atoms with van der Waals surface area (Å²) in [5, 5.41) is 0. The number of nitrogens with two attached hydrogens (primary N) is 1. The van der Waals surface area contributed by atoms with Gasteiger partial charge in [-0.15, -0.1) is 6.58 Å². The predicted molar refractivity (Wildman–Crippen MR) is 42.4 cm³/mol. The van der Waals surface area contributed by atoms with Gasteiger partial charge < -0.3 is 10.5 Å². The quantitative estimate of drug-likeness (QED) is 0.616. The van der Waals surface area contributed by atoms with Crippen LogP contribution in [0.2, 0.25) is 0 Å². The third-order valence-corrected chi connectivity index (χ3v) is 1.93. The van der Waals surface area contributed by atoms with Crippen LogP contribution in [-0.4, -0.2) is 18.0 Å². The molecular formula is C8H11NO3. The minimum Gasteiger partial charge on any atom is -0.438 e. The van der Waals surface area contributed by atoms with E-state index in [-0.39, 0.29) is 11.7 Å². The Bertz CT molecular complexity index is 224. The van der Waals surface area contributed by atoms with Gasteiger partial charge in [-0.3, -0.25) is 4.79 Å². The summed E-state index contributed by atoms with van der Waals surface area (Å²) in [6.07, 6.45) is 1.08. The first-order valence-corrected chi connectivity index (χ1v) is 3.75. The standard InChI is InChI=1S/C8H11NO3/c1-2-5-3-6(10)7(4-5)12-8(9)11/h2,5,7H,1,3-4H2,(H2,9,11). The summed E-state index contributed by atoms with van der Waals surface area (Å²) in [7, 11) is 0. The second-order valence-electron chi connectivity index (χ2n) is 2.83. The summed E-state index contributed by atoms with van der Waals surface area (Å²) >= 11 is 0. The van der Waals surface area contributed by atoms with E-state index < -0.39 is 12.2 Å². The summed E-state index contributed by atoms with van der Waals surface area (Å²) in [6, 6.07) is 0. The molecule has 0 aliphatic heterocycles. The molecule has 1 amide bonds. The average molecular weight is 169 g/mol. The molecule has 0 aromatic rings. The Morgan fingerprint density at radius 3 is 2.83 bits per heavy atom. The molecule has 4 heteroatoms. The first-order chi connectivity index (χ1) is 5.63. The normalized spacial score (nSPS) is 28.5. The fraction of sp³-hybridized carbons (Fsp3) is 0.500. The summed E-state index contributed by atoms with van der Waals surface area (Å²) in [5.41, 5.74) is 4.78. The number of ether oxygens (including phenoxy) is 1. The number of amides is 1. The third-order valence-electron chi connectivity index (χ3n) is 1.93. The van der Waals surface area contributed by atoms with Crippen molar-refractivity contribution in [3.8, 4) is 0 Å². The van der Waals surface area contributed by atoms with Gasteiger partial charge in [0.15, 0.2) is 11.9 Å². The molecule has 1 saturated carbocycles. The molecule has 0 aromatic heterocycles. The molecule has 66 valence electrons. The molecule has 0 saturated heterocycles. The molecular weight excluding hydrogens is 158 g/mol.